The Bertz CT molecular complexity index is 1110. The van der Waals surface area contributed by atoms with Crippen molar-refractivity contribution in [1.29, 1.82) is 0 Å². The molecule has 2 heterocycles. The average Bonchev–Trinajstić information content (AvgIpc) is 3.29. The van der Waals surface area contributed by atoms with Crippen molar-refractivity contribution >= 4 is 29.5 Å². The summed E-state index contributed by atoms with van der Waals surface area (Å²) in [6, 6.07) is 13.5. The van der Waals surface area contributed by atoms with Crippen LogP contribution in [0.5, 0.6) is 0 Å². The Labute approximate surface area is 188 Å². The van der Waals surface area contributed by atoms with Gasteiger partial charge in [0, 0.05) is 24.2 Å². The standard InChI is InChI=1S/C26H29N3O3/c1-4-32-24(31)21-16-20-15-19(11-12-22(20)28-25(27)26(21,2)3)17-7-9-18(10-8-17)23(30)29-13-5-6-14-29/h7-12,15-16H,4-6,13-14H2,1-3H3,(H2,27,28). The molecule has 0 atom stereocenters. The van der Waals surface area contributed by atoms with Crippen LogP contribution < -0.4 is 5.73 Å². The fraction of sp³-hybridized carbons (Fsp3) is 0.346. The summed E-state index contributed by atoms with van der Waals surface area (Å²) in [5, 5.41) is 0. The maximum absolute atomic E-state index is 12.7. The zero-order valence-electron chi connectivity index (χ0n) is 18.9. The minimum Gasteiger partial charge on any atom is -0.463 e. The minimum atomic E-state index is -0.747. The molecule has 0 unspecified atom stereocenters. The molecule has 0 spiro atoms. The number of hydrogen-bond donors (Lipinski definition) is 1. The first-order chi connectivity index (χ1) is 15.3. The van der Waals surface area contributed by atoms with Crippen LogP contribution in [-0.4, -0.2) is 42.3 Å². The van der Waals surface area contributed by atoms with Crippen molar-refractivity contribution in [3.8, 4) is 11.1 Å². The van der Waals surface area contributed by atoms with Crippen LogP contribution in [0.3, 0.4) is 0 Å². The number of aliphatic imine (C=N–C) groups is 1. The van der Waals surface area contributed by atoms with E-state index in [4.69, 9.17) is 10.5 Å². The predicted molar refractivity (Wildman–Crippen MR) is 127 cm³/mol. The van der Waals surface area contributed by atoms with Crippen LogP contribution in [0.2, 0.25) is 0 Å². The Morgan fingerprint density at radius 3 is 2.38 bits per heavy atom. The van der Waals surface area contributed by atoms with Crippen LogP contribution in [0.15, 0.2) is 53.0 Å². The lowest BCUT2D eigenvalue weighted by molar-refractivity contribution is -0.139. The van der Waals surface area contributed by atoms with Crippen molar-refractivity contribution in [2.45, 2.75) is 33.6 Å². The molecule has 2 aliphatic heterocycles. The molecule has 6 heteroatoms. The van der Waals surface area contributed by atoms with Crippen molar-refractivity contribution in [3.63, 3.8) is 0 Å². The second-order valence-electron chi connectivity index (χ2n) is 8.75. The Balaban J connectivity index is 1.69. The third kappa shape index (κ3) is 4.05. The van der Waals surface area contributed by atoms with Gasteiger partial charge in [0.25, 0.3) is 5.91 Å². The highest BCUT2D eigenvalue weighted by Crippen LogP contribution is 2.38. The lowest BCUT2D eigenvalue weighted by atomic mass is 9.82. The average molecular weight is 432 g/mol. The Kier molecular flexibility index (Phi) is 5.87. The minimum absolute atomic E-state index is 0.0880. The number of esters is 1. The van der Waals surface area contributed by atoms with Crippen LogP contribution >= 0.6 is 0 Å². The number of amidine groups is 1. The van der Waals surface area contributed by atoms with Crippen molar-refractivity contribution in [2.75, 3.05) is 19.7 Å². The molecule has 2 aliphatic rings. The maximum atomic E-state index is 12.7. The van der Waals surface area contributed by atoms with Gasteiger partial charge < -0.3 is 15.4 Å². The summed E-state index contributed by atoms with van der Waals surface area (Å²) in [4.78, 5) is 31.8. The Morgan fingerprint density at radius 1 is 1.06 bits per heavy atom. The first-order valence-electron chi connectivity index (χ1n) is 11.1. The Hall–Kier alpha value is -3.41. The molecular formula is C26H29N3O3. The van der Waals surface area contributed by atoms with E-state index in [9.17, 15) is 9.59 Å². The number of fused-ring (bicyclic) bond motifs is 1. The van der Waals surface area contributed by atoms with E-state index in [0.717, 1.165) is 42.6 Å². The summed E-state index contributed by atoms with van der Waals surface area (Å²) in [5.41, 5.74) is 10.2. The van der Waals surface area contributed by atoms with Gasteiger partial charge in [-0.05, 0) is 75.1 Å². The van der Waals surface area contributed by atoms with E-state index in [2.05, 4.69) is 4.99 Å². The molecule has 4 rings (SSSR count). The summed E-state index contributed by atoms with van der Waals surface area (Å²) < 4.78 is 5.27. The third-order valence-electron chi connectivity index (χ3n) is 6.24. The van der Waals surface area contributed by atoms with E-state index >= 15 is 0 Å². The number of ether oxygens (including phenoxy) is 1. The highest BCUT2D eigenvalue weighted by atomic mass is 16.5. The highest BCUT2D eigenvalue weighted by Gasteiger charge is 2.35. The first kappa shape index (κ1) is 21.8. The zero-order valence-corrected chi connectivity index (χ0v) is 18.9. The maximum Gasteiger partial charge on any atom is 0.335 e. The number of carbonyl (C=O) groups excluding carboxylic acids is 2. The zero-order chi connectivity index (χ0) is 22.9. The Morgan fingerprint density at radius 2 is 1.72 bits per heavy atom. The van der Waals surface area contributed by atoms with E-state index in [1.54, 1.807) is 6.92 Å². The van der Waals surface area contributed by atoms with Gasteiger partial charge in [0.2, 0.25) is 0 Å². The van der Waals surface area contributed by atoms with Crippen molar-refractivity contribution < 1.29 is 14.3 Å². The smallest absolute Gasteiger partial charge is 0.335 e. The summed E-state index contributed by atoms with van der Waals surface area (Å²) in [6.07, 6.45) is 3.97. The van der Waals surface area contributed by atoms with Crippen LogP contribution in [0, 0.1) is 5.41 Å². The molecule has 2 N–H and O–H groups in total. The molecule has 0 saturated carbocycles. The lowest BCUT2D eigenvalue weighted by Gasteiger charge is -2.24. The van der Waals surface area contributed by atoms with Gasteiger partial charge in [0.1, 0.15) is 5.84 Å². The quantitative estimate of drug-likeness (QED) is 0.719. The van der Waals surface area contributed by atoms with Crippen LogP contribution in [0.25, 0.3) is 17.2 Å². The number of benzene rings is 2. The van der Waals surface area contributed by atoms with Gasteiger partial charge in [-0.15, -0.1) is 0 Å². The molecule has 6 nitrogen and oxygen atoms in total. The van der Waals surface area contributed by atoms with E-state index < -0.39 is 11.4 Å². The van der Waals surface area contributed by atoms with Crippen molar-refractivity contribution in [3.05, 3.63) is 59.2 Å². The van der Waals surface area contributed by atoms with Gasteiger partial charge in [-0.25, -0.2) is 9.79 Å². The second kappa shape index (κ2) is 8.61. The molecule has 166 valence electrons. The number of nitrogens with two attached hydrogens (primary N) is 1. The monoisotopic (exact) mass is 431 g/mol. The van der Waals surface area contributed by atoms with Gasteiger partial charge in [0.05, 0.1) is 23.3 Å². The molecule has 2 aromatic rings. The van der Waals surface area contributed by atoms with Gasteiger partial charge in [-0.1, -0.05) is 18.2 Å². The van der Waals surface area contributed by atoms with E-state index in [1.165, 1.54) is 0 Å². The molecule has 0 radical (unpaired) electrons. The van der Waals surface area contributed by atoms with Crippen molar-refractivity contribution in [2.24, 2.45) is 16.1 Å². The van der Waals surface area contributed by atoms with E-state index in [-0.39, 0.29) is 5.91 Å². The SMILES string of the molecule is CCOC(=O)C1=Cc2cc(-c3ccc(C(=O)N4CCCC4)cc3)ccc2N=C(N)C1(C)C. The molecule has 0 aliphatic carbocycles. The number of hydrogen-bond acceptors (Lipinski definition) is 5. The van der Waals surface area contributed by atoms with Crippen molar-refractivity contribution in [1.82, 2.24) is 4.90 Å². The van der Waals surface area contributed by atoms with Gasteiger partial charge >= 0.3 is 5.97 Å². The fourth-order valence-corrected chi connectivity index (χ4v) is 4.13. The number of likely N-dealkylation sites (tertiary alicyclic amines) is 1. The second-order valence-corrected chi connectivity index (χ2v) is 8.75. The molecule has 2 aromatic carbocycles. The van der Waals surface area contributed by atoms with Crippen LogP contribution in [0.4, 0.5) is 5.69 Å². The topological polar surface area (TPSA) is 85.0 Å². The molecule has 32 heavy (non-hydrogen) atoms. The summed E-state index contributed by atoms with van der Waals surface area (Å²) in [6.45, 7) is 7.48. The van der Waals surface area contributed by atoms with Crippen LogP contribution in [0.1, 0.15) is 49.5 Å². The molecular weight excluding hydrogens is 402 g/mol. The third-order valence-corrected chi connectivity index (χ3v) is 6.24. The molecule has 1 amide bonds. The van der Waals surface area contributed by atoms with Gasteiger partial charge in [0.15, 0.2) is 0 Å². The van der Waals surface area contributed by atoms with E-state index in [0.29, 0.717) is 29.3 Å². The van der Waals surface area contributed by atoms with Crippen LogP contribution in [-0.2, 0) is 9.53 Å². The number of nitrogens with zero attached hydrogens (tertiary/aromatic N) is 2. The summed E-state index contributed by atoms with van der Waals surface area (Å²) in [7, 11) is 0. The molecule has 1 saturated heterocycles. The predicted octanol–water partition coefficient (Wildman–Crippen LogP) is 4.56. The number of carbonyl (C=O) groups is 2. The largest absolute Gasteiger partial charge is 0.463 e. The molecule has 1 fully saturated rings. The number of amides is 1. The lowest BCUT2D eigenvalue weighted by Crippen LogP contribution is -2.36. The van der Waals surface area contributed by atoms with Gasteiger partial charge in [-0.2, -0.15) is 0 Å². The molecule has 0 bridgehead atoms. The summed E-state index contributed by atoms with van der Waals surface area (Å²) >= 11 is 0. The highest BCUT2D eigenvalue weighted by molar-refractivity contribution is 6.07. The normalized spacial score (nSPS) is 17.2. The number of rotatable bonds is 4. The van der Waals surface area contributed by atoms with E-state index in [1.807, 2.05) is 67.3 Å². The molecule has 0 aromatic heterocycles. The first-order valence-corrected chi connectivity index (χ1v) is 11.1. The fourth-order valence-electron chi connectivity index (χ4n) is 4.13. The summed E-state index contributed by atoms with van der Waals surface area (Å²) in [5.74, 6) is 0.0665. The van der Waals surface area contributed by atoms with Gasteiger partial charge in [-0.3, -0.25) is 4.79 Å².